The molecule has 2 fully saturated rings. The second kappa shape index (κ2) is 6.30. The molecule has 0 radical (unpaired) electrons. The maximum atomic E-state index is 3.87. The topological polar surface area (TPSA) is 12.0 Å². The van der Waals surface area contributed by atoms with Gasteiger partial charge < -0.3 is 5.32 Å². The van der Waals surface area contributed by atoms with Crippen molar-refractivity contribution in [2.75, 3.05) is 12.3 Å². The third kappa shape index (κ3) is 3.40. The average Bonchev–Trinajstić information content (AvgIpc) is 2.79. The molecule has 16 heavy (non-hydrogen) atoms. The molecule has 0 bridgehead atoms. The van der Waals surface area contributed by atoms with Gasteiger partial charge in [-0.2, -0.15) is 11.8 Å². The van der Waals surface area contributed by atoms with Crippen LogP contribution in [-0.4, -0.2) is 23.6 Å². The van der Waals surface area contributed by atoms with E-state index in [0.29, 0.717) is 0 Å². The summed E-state index contributed by atoms with van der Waals surface area (Å²) in [5, 5.41) is 4.79. The van der Waals surface area contributed by atoms with E-state index in [9.17, 15) is 0 Å². The molecule has 0 spiro atoms. The van der Waals surface area contributed by atoms with Crippen LogP contribution in [0.2, 0.25) is 0 Å². The number of nitrogens with one attached hydrogen (secondary N) is 1. The Hall–Kier alpha value is 0.310. The lowest BCUT2D eigenvalue weighted by atomic mass is 9.78. The van der Waals surface area contributed by atoms with Gasteiger partial charge >= 0.3 is 0 Å². The fourth-order valence-corrected chi connectivity index (χ4v) is 4.51. The zero-order valence-corrected chi connectivity index (χ0v) is 11.7. The van der Waals surface area contributed by atoms with E-state index >= 15 is 0 Å². The van der Waals surface area contributed by atoms with E-state index in [2.05, 4.69) is 30.9 Å². The van der Waals surface area contributed by atoms with Gasteiger partial charge in [0.2, 0.25) is 0 Å². The number of hydrogen-bond acceptors (Lipinski definition) is 2. The number of rotatable bonds is 4. The molecule has 2 aliphatic rings. The molecule has 0 aromatic heterocycles. The Bertz CT molecular complexity index is 199. The maximum Gasteiger partial charge on any atom is 0.0172 e. The molecular formula is C14H27NS. The van der Waals surface area contributed by atoms with E-state index in [4.69, 9.17) is 0 Å². The molecule has 0 aromatic carbocycles. The minimum atomic E-state index is 0.815. The van der Waals surface area contributed by atoms with Crippen LogP contribution in [0.3, 0.4) is 0 Å². The van der Waals surface area contributed by atoms with Crippen LogP contribution in [0.15, 0.2) is 0 Å². The molecule has 1 saturated carbocycles. The van der Waals surface area contributed by atoms with E-state index in [1.54, 1.807) is 0 Å². The van der Waals surface area contributed by atoms with Crippen molar-refractivity contribution in [2.45, 2.75) is 63.7 Å². The summed E-state index contributed by atoms with van der Waals surface area (Å²) in [4.78, 5) is 0. The molecule has 1 nitrogen and oxygen atoms in total. The van der Waals surface area contributed by atoms with Gasteiger partial charge in [-0.25, -0.2) is 0 Å². The highest BCUT2D eigenvalue weighted by molar-refractivity contribution is 8.00. The van der Waals surface area contributed by atoms with Crippen LogP contribution in [0.1, 0.15) is 52.4 Å². The lowest BCUT2D eigenvalue weighted by Gasteiger charge is -2.35. The summed E-state index contributed by atoms with van der Waals surface area (Å²) in [6, 6.07) is 0.815. The monoisotopic (exact) mass is 241 g/mol. The van der Waals surface area contributed by atoms with Crippen molar-refractivity contribution in [1.29, 1.82) is 0 Å². The number of hydrogen-bond donors (Lipinski definition) is 1. The maximum absolute atomic E-state index is 3.87. The summed E-state index contributed by atoms with van der Waals surface area (Å²) in [7, 11) is 0. The number of thioether (sulfide) groups is 1. The van der Waals surface area contributed by atoms with Crippen LogP contribution in [0.4, 0.5) is 0 Å². The third-order valence-corrected chi connectivity index (χ3v) is 5.71. The van der Waals surface area contributed by atoms with Gasteiger partial charge in [0, 0.05) is 17.8 Å². The van der Waals surface area contributed by atoms with Gasteiger partial charge in [0.1, 0.15) is 0 Å². The summed E-state index contributed by atoms with van der Waals surface area (Å²) < 4.78 is 0. The SMILES string of the molecule is CC(C)C1CCCCC1NCC1CCCS1. The Morgan fingerprint density at radius 1 is 1.12 bits per heavy atom. The minimum Gasteiger partial charge on any atom is -0.313 e. The van der Waals surface area contributed by atoms with Gasteiger partial charge in [0.25, 0.3) is 0 Å². The first-order valence-electron chi connectivity index (χ1n) is 7.12. The third-order valence-electron chi connectivity index (χ3n) is 4.31. The molecule has 2 rings (SSSR count). The molecule has 1 saturated heterocycles. The smallest absolute Gasteiger partial charge is 0.0172 e. The van der Waals surface area contributed by atoms with Crippen molar-refractivity contribution < 1.29 is 0 Å². The van der Waals surface area contributed by atoms with Crippen molar-refractivity contribution in [3.05, 3.63) is 0 Å². The van der Waals surface area contributed by atoms with Gasteiger partial charge in [0.15, 0.2) is 0 Å². The van der Waals surface area contributed by atoms with E-state index in [1.807, 2.05) is 0 Å². The van der Waals surface area contributed by atoms with E-state index in [0.717, 1.165) is 23.1 Å². The highest BCUT2D eigenvalue weighted by atomic mass is 32.2. The van der Waals surface area contributed by atoms with E-state index < -0.39 is 0 Å². The van der Waals surface area contributed by atoms with Crippen LogP contribution in [-0.2, 0) is 0 Å². The normalized spacial score (nSPS) is 35.8. The molecule has 1 heterocycles. The van der Waals surface area contributed by atoms with Gasteiger partial charge in [0.05, 0.1) is 0 Å². The second-order valence-corrected chi connectivity index (χ2v) is 7.25. The van der Waals surface area contributed by atoms with Crippen LogP contribution >= 0.6 is 11.8 Å². The van der Waals surface area contributed by atoms with Crippen LogP contribution in [0.5, 0.6) is 0 Å². The van der Waals surface area contributed by atoms with Gasteiger partial charge in [-0.05, 0) is 43.3 Å². The van der Waals surface area contributed by atoms with Crippen molar-refractivity contribution in [3.8, 4) is 0 Å². The lowest BCUT2D eigenvalue weighted by Crippen LogP contribution is -2.43. The summed E-state index contributed by atoms with van der Waals surface area (Å²) in [5.74, 6) is 3.18. The van der Waals surface area contributed by atoms with Crippen molar-refractivity contribution >= 4 is 11.8 Å². The molecule has 0 aromatic rings. The minimum absolute atomic E-state index is 0.815. The van der Waals surface area contributed by atoms with Crippen LogP contribution in [0, 0.1) is 11.8 Å². The highest BCUT2D eigenvalue weighted by Crippen LogP contribution is 2.31. The Balaban J connectivity index is 1.76. The van der Waals surface area contributed by atoms with Crippen LogP contribution in [0.25, 0.3) is 0 Å². The van der Waals surface area contributed by atoms with Crippen molar-refractivity contribution in [3.63, 3.8) is 0 Å². The summed E-state index contributed by atoms with van der Waals surface area (Å²) in [6.07, 6.45) is 8.65. The Morgan fingerprint density at radius 3 is 2.62 bits per heavy atom. The second-order valence-electron chi connectivity index (χ2n) is 5.84. The van der Waals surface area contributed by atoms with Crippen molar-refractivity contribution in [2.24, 2.45) is 11.8 Å². The Kier molecular flexibility index (Phi) is 5.02. The van der Waals surface area contributed by atoms with Gasteiger partial charge in [-0.1, -0.05) is 26.7 Å². The Labute approximate surface area is 105 Å². The predicted molar refractivity (Wildman–Crippen MR) is 74.1 cm³/mol. The van der Waals surface area contributed by atoms with Crippen molar-refractivity contribution in [1.82, 2.24) is 5.32 Å². The highest BCUT2D eigenvalue weighted by Gasteiger charge is 2.28. The van der Waals surface area contributed by atoms with Gasteiger partial charge in [-0.3, -0.25) is 0 Å². The molecule has 3 atom stereocenters. The molecule has 1 aliphatic carbocycles. The summed E-state index contributed by atoms with van der Waals surface area (Å²) in [6.45, 7) is 6.06. The summed E-state index contributed by atoms with van der Waals surface area (Å²) in [5.41, 5.74) is 0. The molecule has 1 aliphatic heterocycles. The molecule has 2 heteroatoms. The fourth-order valence-electron chi connectivity index (χ4n) is 3.30. The Morgan fingerprint density at radius 2 is 1.94 bits per heavy atom. The zero-order valence-electron chi connectivity index (χ0n) is 10.9. The molecule has 94 valence electrons. The standard InChI is InChI=1S/C14H27NS/c1-11(2)13-7-3-4-8-14(13)15-10-12-6-5-9-16-12/h11-15H,3-10H2,1-2H3. The lowest BCUT2D eigenvalue weighted by molar-refractivity contribution is 0.206. The summed E-state index contributed by atoms with van der Waals surface area (Å²) >= 11 is 2.18. The quantitative estimate of drug-likeness (QED) is 0.805. The fraction of sp³-hybridized carbons (Fsp3) is 1.00. The first-order valence-corrected chi connectivity index (χ1v) is 8.17. The first kappa shape index (κ1) is 12.8. The molecule has 3 unspecified atom stereocenters. The molecular weight excluding hydrogens is 214 g/mol. The average molecular weight is 241 g/mol. The largest absolute Gasteiger partial charge is 0.313 e. The van der Waals surface area contributed by atoms with Crippen LogP contribution < -0.4 is 5.32 Å². The predicted octanol–water partition coefficient (Wildman–Crippen LogP) is 3.69. The zero-order chi connectivity index (χ0) is 11.4. The first-order chi connectivity index (χ1) is 7.77. The van der Waals surface area contributed by atoms with Gasteiger partial charge in [-0.15, -0.1) is 0 Å². The molecule has 1 N–H and O–H groups in total. The molecule has 0 amide bonds. The van der Waals surface area contributed by atoms with E-state index in [1.165, 1.54) is 50.8 Å². The van der Waals surface area contributed by atoms with E-state index in [-0.39, 0.29) is 0 Å².